The van der Waals surface area contributed by atoms with Crippen LogP contribution in [0.2, 0.25) is 0 Å². The Morgan fingerprint density at radius 2 is 1.42 bits per heavy atom. The van der Waals surface area contributed by atoms with Gasteiger partial charge in [-0.05, 0) is 36.9 Å². The van der Waals surface area contributed by atoms with E-state index in [0.717, 1.165) is 75.9 Å². The molecule has 0 unspecified atom stereocenters. The first kappa shape index (κ1) is 35.7. The minimum Gasteiger partial charge on any atom is -0.512 e. The Kier molecular flexibility index (Phi) is 13.5. The Morgan fingerprint density at radius 1 is 0.844 bits per heavy atom. The van der Waals surface area contributed by atoms with Gasteiger partial charge in [0.15, 0.2) is 11.4 Å². The zero-order valence-corrected chi connectivity index (χ0v) is 29.6. The maximum absolute atomic E-state index is 11.7. The van der Waals surface area contributed by atoms with Gasteiger partial charge in [0.2, 0.25) is 0 Å². The maximum Gasteiger partial charge on any atom is 0.162 e. The molecule has 3 aromatic carbocycles. The molecule has 1 radical (unpaired) electrons. The normalized spacial score (nSPS) is 11.3. The van der Waals surface area contributed by atoms with E-state index in [4.69, 9.17) is 4.42 Å². The van der Waals surface area contributed by atoms with Crippen molar-refractivity contribution in [2.45, 2.75) is 67.2 Å². The summed E-state index contributed by atoms with van der Waals surface area (Å²) in [6.45, 7) is 12.2. The topological polar surface area (TPSA) is 63.3 Å². The van der Waals surface area contributed by atoms with E-state index in [1.54, 1.807) is 0 Å². The van der Waals surface area contributed by atoms with Gasteiger partial charge in [-0.2, -0.15) is 0 Å². The van der Waals surface area contributed by atoms with Crippen LogP contribution in [0.4, 0.5) is 0 Å². The molecule has 5 aromatic rings. The standard InChI is InChI=1S/C27H20NO.C13H24O2.Ir/c1-18-13-19(2)15-22(14-18)24-16-23-25(17-28-24)29-27(21-11-7-4-8-12-21)26(23)20-9-5-3-6-10-20;1-5-10(6-2)12(14)9-13(15)11(7-3)8-4;/h3-14,16-17H,1-2H3;9-11,14H,5-8H2,1-4H3;/q-1;;/b;12-9-;. The number of furan rings is 1. The average Bonchev–Trinajstić information content (AvgIpc) is 3.42. The molecule has 0 aliphatic heterocycles. The van der Waals surface area contributed by atoms with E-state index in [-0.39, 0.29) is 43.5 Å². The summed E-state index contributed by atoms with van der Waals surface area (Å²) in [7, 11) is 0. The van der Waals surface area contributed by atoms with Crippen molar-refractivity contribution >= 4 is 16.8 Å². The Morgan fingerprint density at radius 3 is 1.98 bits per heavy atom. The molecule has 2 heterocycles. The van der Waals surface area contributed by atoms with Crippen LogP contribution in [0.5, 0.6) is 0 Å². The first-order chi connectivity index (χ1) is 21.3. The van der Waals surface area contributed by atoms with Crippen molar-refractivity contribution in [2.24, 2.45) is 11.8 Å². The third kappa shape index (κ3) is 8.90. The third-order valence-electron chi connectivity index (χ3n) is 8.18. The molecule has 0 saturated carbocycles. The number of aliphatic hydroxyl groups is 1. The van der Waals surface area contributed by atoms with Crippen molar-refractivity contribution < 1.29 is 34.4 Å². The number of carbonyl (C=O) groups excluding carboxylic acids is 1. The Balaban J connectivity index is 0.000000297. The first-order valence-corrected chi connectivity index (χ1v) is 15.8. The SMILES string of the molecule is CCC(CC)C(=O)/C=C(\O)C(CC)CC.Cc1[c-]c(-c2cc3c(-c4ccccc4)c(-c4ccccc4)oc3cn2)cc(C)c1.[Ir]. The molecule has 0 aliphatic rings. The molecule has 45 heavy (non-hydrogen) atoms. The first-order valence-electron chi connectivity index (χ1n) is 15.8. The molecule has 0 bridgehead atoms. The summed E-state index contributed by atoms with van der Waals surface area (Å²) in [6, 6.07) is 30.5. The van der Waals surface area contributed by atoms with E-state index in [1.807, 2.05) is 58.2 Å². The number of pyridine rings is 1. The predicted octanol–water partition coefficient (Wildman–Crippen LogP) is 11.1. The fourth-order valence-electron chi connectivity index (χ4n) is 5.65. The third-order valence-corrected chi connectivity index (χ3v) is 8.18. The van der Waals surface area contributed by atoms with Gasteiger partial charge in [0.1, 0.15) is 5.76 Å². The molecule has 0 fully saturated rings. The van der Waals surface area contributed by atoms with Crippen molar-refractivity contribution in [3.8, 4) is 33.7 Å². The van der Waals surface area contributed by atoms with Crippen LogP contribution >= 0.6 is 0 Å². The average molecular weight is 779 g/mol. The summed E-state index contributed by atoms with van der Waals surface area (Å²) < 4.78 is 6.31. The van der Waals surface area contributed by atoms with E-state index in [9.17, 15) is 9.90 Å². The smallest absolute Gasteiger partial charge is 0.162 e. The number of aromatic nitrogens is 1. The van der Waals surface area contributed by atoms with Gasteiger partial charge < -0.3 is 14.5 Å². The van der Waals surface area contributed by atoms with Crippen molar-refractivity contribution in [3.63, 3.8) is 0 Å². The fourth-order valence-corrected chi connectivity index (χ4v) is 5.65. The van der Waals surface area contributed by atoms with E-state index in [2.05, 4.69) is 79.5 Å². The molecule has 0 spiro atoms. The second kappa shape index (κ2) is 17.1. The molecule has 5 heteroatoms. The summed E-state index contributed by atoms with van der Waals surface area (Å²) in [5, 5.41) is 10.8. The largest absolute Gasteiger partial charge is 0.512 e. The van der Waals surface area contributed by atoms with Gasteiger partial charge in [0.25, 0.3) is 0 Å². The number of benzene rings is 3. The van der Waals surface area contributed by atoms with Crippen LogP contribution in [0, 0.1) is 31.7 Å². The molecule has 4 nitrogen and oxygen atoms in total. The molecular weight excluding hydrogens is 735 g/mol. The summed E-state index contributed by atoms with van der Waals surface area (Å²) in [4.78, 5) is 16.4. The van der Waals surface area contributed by atoms with Crippen LogP contribution in [-0.4, -0.2) is 15.9 Å². The second-order valence-electron chi connectivity index (χ2n) is 11.4. The maximum atomic E-state index is 11.7. The number of fused-ring (bicyclic) bond motifs is 1. The van der Waals surface area contributed by atoms with Gasteiger partial charge >= 0.3 is 0 Å². The van der Waals surface area contributed by atoms with Crippen LogP contribution < -0.4 is 0 Å². The van der Waals surface area contributed by atoms with Crippen molar-refractivity contribution in [1.82, 2.24) is 4.98 Å². The number of rotatable bonds is 10. The number of hydrogen-bond donors (Lipinski definition) is 1. The number of aliphatic hydroxyl groups excluding tert-OH is 1. The minimum atomic E-state index is 0. The van der Waals surface area contributed by atoms with Gasteiger partial charge in [-0.3, -0.25) is 4.79 Å². The van der Waals surface area contributed by atoms with Gasteiger partial charge in [0, 0.05) is 54.5 Å². The van der Waals surface area contributed by atoms with Gasteiger partial charge in [0.05, 0.1) is 12.0 Å². The fraction of sp³-hybridized carbons (Fsp3) is 0.300. The molecule has 0 aliphatic carbocycles. The number of aryl methyl sites for hydroxylation is 2. The molecular formula is C40H44IrNO3-. The Bertz CT molecular complexity index is 1680. The minimum absolute atomic E-state index is 0. The Hall–Kier alpha value is -3.79. The number of allylic oxidation sites excluding steroid dienone is 2. The molecule has 5 rings (SSSR count). The summed E-state index contributed by atoms with van der Waals surface area (Å²) in [6.07, 6.45) is 6.73. The van der Waals surface area contributed by atoms with Gasteiger partial charge in [-0.25, -0.2) is 0 Å². The van der Waals surface area contributed by atoms with Crippen LogP contribution in [-0.2, 0) is 24.9 Å². The molecule has 0 saturated heterocycles. The van der Waals surface area contributed by atoms with Crippen molar-refractivity contribution in [2.75, 3.05) is 0 Å². The van der Waals surface area contributed by atoms with Crippen LogP contribution in [0.25, 0.3) is 44.7 Å². The van der Waals surface area contributed by atoms with E-state index in [1.165, 1.54) is 11.6 Å². The number of hydrogen-bond acceptors (Lipinski definition) is 4. The number of ketones is 1. The zero-order chi connectivity index (χ0) is 31.6. The molecule has 2 aromatic heterocycles. The summed E-state index contributed by atoms with van der Waals surface area (Å²) in [5.41, 5.74) is 8.30. The summed E-state index contributed by atoms with van der Waals surface area (Å²) >= 11 is 0. The molecule has 237 valence electrons. The second-order valence-corrected chi connectivity index (χ2v) is 11.4. The van der Waals surface area contributed by atoms with Crippen molar-refractivity contribution in [1.29, 1.82) is 0 Å². The van der Waals surface area contributed by atoms with E-state index >= 15 is 0 Å². The zero-order valence-electron chi connectivity index (χ0n) is 27.2. The van der Waals surface area contributed by atoms with E-state index < -0.39 is 0 Å². The number of carbonyl (C=O) groups is 1. The predicted molar refractivity (Wildman–Crippen MR) is 182 cm³/mol. The number of nitrogens with zero attached hydrogens (tertiary/aromatic N) is 1. The summed E-state index contributed by atoms with van der Waals surface area (Å²) in [5.74, 6) is 1.42. The quantitative estimate of drug-likeness (QED) is 0.0871. The van der Waals surface area contributed by atoms with Crippen LogP contribution in [0.3, 0.4) is 0 Å². The van der Waals surface area contributed by atoms with Gasteiger partial charge in [-0.1, -0.05) is 108 Å². The van der Waals surface area contributed by atoms with Crippen LogP contribution in [0.15, 0.2) is 101 Å². The monoisotopic (exact) mass is 779 g/mol. The van der Waals surface area contributed by atoms with Crippen molar-refractivity contribution in [3.05, 3.63) is 114 Å². The van der Waals surface area contributed by atoms with E-state index in [0.29, 0.717) is 0 Å². The molecule has 1 N–H and O–H groups in total. The molecule has 0 amide bonds. The Labute approximate surface area is 282 Å². The molecule has 0 atom stereocenters. The van der Waals surface area contributed by atoms with Gasteiger partial charge in [-0.15, -0.1) is 34.9 Å². The van der Waals surface area contributed by atoms with Crippen LogP contribution in [0.1, 0.15) is 64.5 Å².